The van der Waals surface area contributed by atoms with Crippen molar-refractivity contribution in [1.29, 1.82) is 0 Å². The number of nitro benzene ring substituents is 1. The van der Waals surface area contributed by atoms with Crippen molar-refractivity contribution < 1.29 is 23.2 Å². The molecule has 0 aliphatic carbocycles. The fraction of sp³-hybridized carbons (Fsp3) is 0.300. The molecule has 104 valence electrons. The van der Waals surface area contributed by atoms with Gasteiger partial charge in [0, 0.05) is 12.1 Å². The highest BCUT2D eigenvalue weighted by molar-refractivity contribution is 7.89. The van der Waals surface area contributed by atoms with E-state index in [1.54, 1.807) is 0 Å². The van der Waals surface area contributed by atoms with E-state index in [4.69, 9.17) is 5.11 Å². The third-order valence-corrected chi connectivity index (χ3v) is 3.85. The molecule has 0 saturated heterocycles. The van der Waals surface area contributed by atoms with Gasteiger partial charge in [0.25, 0.3) is 5.69 Å². The van der Waals surface area contributed by atoms with E-state index in [0.717, 1.165) is 24.3 Å². The summed E-state index contributed by atoms with van der Waals surface area (Å²) in [5.41, 5.74) is -0.246. The Hall–Kier alpha value is -2.00. The standard InChI is InChI=1S/C10H12N2O6S/c1-2-9(10(13)14)11-19(17,18)8-5-3-7(4-6-8)12(15)16/h3-6,9,11H,2H2,1H3,(H,13,14). The number of non-ortho nitro benzene ring substituents is 1. The van der Waals surface area contributed by atoms with E-state index in [9.17, 15) is 23.3 Å². The highest BCUT2D eigenvalue weighted by Crippen LogP contribution is 2.16. The Morgan fingerprint density at radius 3 is 2.32 bits per heavy atom. The Labute approximate surface area is 109 Å². The first-order chi connectivity index (χ1) is 8.77. The van der Waals surface area contributed by atoms with Crippen molar-refractivity contribution in [2.75, 3.05) is 0 Å². The minimum Gasteiger partial charge on any atom is -0.480 e. The molecule has 9 heteroatoms. The van der Waals surface area contributed by atoms with Crippen LogP contribution in [0.25, 0.3) is 0 Å². The molecule has 2 N–H and O–H groups in total. The summed E-state index contributed by atoms with van der Waals surface area (Å²) < 4.78 is 25.7. The molecule has 0 saturated carbocycles. The van der Waals surface area contributed by atoms with E-state index in [-0.39, 0.29) is 17.0 Å². The molecule has 0 fully saturated rings. The summed E-state index contributed by atoms with van der Waals surface area (Å²) in [7, 11) is -4.01. The third kappa shape index (κ3) is 3.73. The highest BCUT2D eigenvalue weighted by atomic mass is 32.2. The molecule has 1 aromatic rings. The van der Waals surface area contributed by atoms with Crippen LogP contribution in [0, 0.1) is 10.1 Å². The summed E-state index contributed by atoms with van der Waals surface area (Å²) >= 11 is 0. The van der Waals surface area contributed by atoms with E-state index in [1.165, 1.54) is 6.92 Å². The molecule has 0 radical (unpaired) electrons. The molecule has 1 unspecified atom stereocenters. The lowest BCUT2D eigenvalue weighted by Gasteiger charge is -2.12. The molecule has 1 rings (SSSR count). The van der Waals surface area contributed by atoms with Gasteiger partial charge in [0.2, 0.25) is 10.0 Å². The van der Waals surface area contributed by atoms with Gasteiger partial charge in [-0.25, -0.2) is 8.42 Å². The lowest BCUT2D eigenvalue weighted by molar-refractivity contribution is -0.384. The number of nitrogens with one attached hydrogen (secondary N) is 1. The van der Waals surface area contributed by atoms with Crippen LogP contribution in [-0.2, 0) is 14.8 Å². The van der Waals surface area contributed by atoms with Gasteiger partial charge < -0.3 is 5.11 Å². The Balaban J connectivity index is 3.00. The van der Waals surface area contributed by atoms with Crippen LogP contribution in [0.2, 0.25) is 0 Å². The van der Waals surface area contributed by atoms with Crippen LogP contribution in [0.4, 0.5) is 5.69 Å². The highest BCUT2D eigenvalue weighted by Gasteiger charge is 2.24. The maximum Gasteiger partial charge on any atom is 0.321 e. The Bertz CT molecular complexity index is 581. The van der Waals surface area contributed by atoms with Crippen molar-refractivity contribution in [2.45, 2.75) is 24.3 Å². The van der Waals surface area contributed by atoms with Crippen molar-refractivity contribution in [3.05, 3.63) is 34.4 Å². The second kappa shape index (κ2) is 5.76. The van der Waals surface area contributed by atoms with Gasteiger partial charge in [0.05, 0.1) is 9.82 Å². The SMILES string of the molecule is CCC(NS(=O)(=O)c1ccc([N+](=O)[O-])cc1)C(=O)O. The predicted octanol–water partition coefficient (Wildman–Crippen LogP) is 0.736. The second-order valence-electron chi connectivity index (χ2n) is 3.67. The van der Waals surface area contributed by atoms with Gasteiger partial charge in [0.1, 0.15) is 6.04 Å². The monoisotopic (exact) mass is 288 g/mol. The fourth-order valence-corrected chi connectivity index (χ4v) is 2.58. The Morgan fingerprint density at radius 1 is 1.42 bits per heavy atom. The van der Waals surface area contributed by atoms with Gasteiger partial charge in [-0.2, -0.15) is 4.72 Å². The number of nitro groups is 1. The maximum atomic E-state index is 11.8. The molecule has 1 aromatic carbocycles. The quantitative estimate of drug-likeness (QED) is 0.587. The van der Waals surface area contributed by atoms with E-state index in [2.05, 4.69) is 0 Å². The van der Waals surface area contributed by atoms with Gasteiger partial charge in [-0.3, -0.25) is 14.9 Å². The molecule has 0 heterocycles. The van der Waals surface area contributed by atoms with Crippen LogP contribution in [-0.4, -0.2) is 30.5 Å². The zero-order chi connectivity index (χ0) is 14.6. The first kappa shape index (κ1) is 15.1. The average Bonchev–Trinajstić information content (AvgIpc) is 2.35. The number of sulfonamides is 1. The van der Waals surface area contributed by atoms with E-state index in [0.29, 0.717) is 0 Å². The van der Waals surface area contributed by atoms with Crippen molar-refractivity contribution >= 4 is 21.7 Å². The Morgan fingerprint density at radius 2 is 1.95 bits per heavy atom. The van der Waals surface area contributed by atoms with E-state index in [1.807, 2.05) is 4.72 Å². The lowest BCUT2D eigenvalue weighted by atomic mass is 10.2. The largest absolute Gasteiger partial charge is 0.480 e. The van der Waals surface area contributed by atoms with Crippen molar-refractivity contribution in [3.8, 4) is 0 Å². The predicted molar refractivity (Wildman–Crippen MR) is 65.1 cm³/mol. The van der Waals surface area contributed by atoms with Crippen molar-refractivity contribution in [1.82, 2.24) is 4.72 Å². The number of benzene rings is 1. The molecule has 0 aliphatic heterocycles. The molecule has 0 spiro atoms. The smallest absolute Gasteiger partial charge is 0.321 e. The number of aliphatic carboxylic acids is 1. The first-order valence-corrected chi connectivity index (χ1v) is 6.76. The summed E-state index contributed by atoms with van der Waals surface area (Å²) in [5, 5.41) is 19.2. The van der Waals surface area contributed by atoms with Crippen LogP contribution in [0.15, 0.2) is 29.2 Å². The summed E-state index contributed by atoms with van der Waals surface area (Å²) in [4.78, 5) is 20.3. The third-order valence-electron chi connectivity index (χ3n) is 2.36. The van der Waals surface area contributed by atoms with E-state index < -0.39 is 27.0 Å². The molecule has 8 nitrogen and oxygen atoms in total. The molecular weight excluding hydrogens is 276 g/mol. The molecule has 0 aromatic heterocycles. The topological polar surface area (TPSA) is 127 Å². The first-order valence-electron chi connectivity index (χ1n) is 5.27. The molecule has 1 atom stereocenters. The van der Waals surface area contributed by atoms with E-state index >= 15 is 0 Å². The minimum absolute atomic E-state index is 0.0849. The van der Waals surface area contributed by atoms with Crippen LogP contribution < -0.4 is 4.72 Å². The van der Waals surface area contributed by atoms with Gasteiger partial charge in [0.15, 0.2) is 0 Å². The number of carbonyl (C=O) groups is 1. The van der Waals surface area contributed by atoms with Crippen molar-refractivity contribution in [2.24, 2.45) is 0 Å². The summed E-state index contributed by atoms with van der Waals surface area (Å²) in [5.74, 6) is -1.28. The number of hydrogen-bond donors (Lipinski definition) is 2. The zero-order valence-electron chi connectivity index (χ0n) is 9.94. The summed E-state index contributed by atoms with van der Waals surface area (Å²) in [6, 6.07) is 2.94. The second-order valence-corrected chi connectivity index (χ2v) is 5.39. The summed E-state index contributed by atoms with van der Waals surface area (Å²) in [6.45, 7) is 1.52. The van der Waals surface area contributed by atoms with Gasteiger partial charge in [-0.1, -0.05) is 6.92 Å². The average molecular weight is 288 g/mol. The Kier molecular flexibility index (Phi) is 4.57. The molecule has 0 bridgehead atoms. The van der Waals surface area contributed by atoms with Gasteiger partial charge in [-0.05, 0) is 18.6 Å². The van der Waals surface area contributed by atoms with Crippen molar-refractivity contribution in [3.63, 3.8) is 0 Å². The number of nitrogens with zero attached hydrogens (tertiary/aromatic N) is 1. The van der Waals surface area contributed by atoms with Crippen LogP contribution in [0.5, 0.6) is 0 Å². The van der Waals surface area contributed by atoms with Crippen LogP contribution in [0.3, 0.4) is 0 Å². The number of carboxylic acid groups (broad SMARTS) is 1. The fourth-order valence-electron chi connectivity index (χ4n) is 1.31. The molecule has 19 heavy (non-hydrogen) atoms. The maximum absolute atomic E-state index is 11.8. The number of rotatable bonds is 6. The van der Waals surface area contributed by atoms with Gasteiger partial charge >= 0.3 is 5.97 Å². The zero-order valence-corrected chi connectivity index (χ0v) is 10.8. The summed E-state index contributed by atoms with van der Waals surface area (Å²) in [6.07, 6.45) is 0.0849. The number of carboxylic acids is 1. The molecular formula is C10H12N2O6S. The minimum atomic E-state index is -4.01. The normalized spacial score (nSPS) is 12.9. The van der Waals surface area contributed by atoms with Gasteiger partial charge in [-0.15, -0.1) is 0 Å². The molecule has 0 aliphatic rings. The van der Waals surface area contributed by atoms with Crippen LogP contribution in [0.1, 0.15) is 13.3 Å². The lowest BCUT2D eigenvalue weighted by Crippen LogP contribution is -2.40. The molecule has 0 amide bonds. The number of hydrogen-bond acceptors (Lipinski definition) is 5. The van der Waals surface area contributed by atoms with Crippen LogP contribution >= 0.6 is 0 Å².